The third kappa shape index (κ3) is 4.41. The summed E-state index contributed by atoms with van der Waals surface area (Å²) < 4.78 is 17.7. The summed E-state index contributed by atoms with van der Waals surface area (Å²) in [6, 6.07) is 0. The van der Waals surface area contributed by atoms with Crippen LogP contribution in [0.15, 0.2) is 24.8 Å². The molecule has 1 spiro atoms. The molecule has 0 unspecified atom stereocenters. The molecule has 3 fully saturated rings. The molecule has 6 nitrogen and oxygen atoms in total. The van der Waals surface area contributed by atoms with Gasteiger partial charge in [0.05, 0.1) is 6.10 Å². The highest BCUT2D eigenvalue weighted by Gasteiger charge is 2.70. The lowest BCUT2D eigenvalue weighted by Crippen LogP contribution is -2.60. The molecule has 1 saturated heterocycles. The van der Waals surface area contributed by atoms with Crippen LogP contribution in [0.25, 0.3) is 0 Å². The van der Waals surface area contributed by atoms with Crippen LogP contribution in [0.2, 0.25) is 0 Å². The van der Waals surface area contributed by atoms with Crippen LogP contribution in [-0.4, -0.2) is 35.7 Å². The quantitative estimate of drug-likeness (QED) is 0.420. The Morgan fingerprint density at radius 2 is 1.97 bits per heavy atom. The van der Waals surface area contributed by atoms with Gasteiger partial charge >= 0.3 is 11.9 Å². The summed E-state index contributed by atoms with van der Waals surface area (Å²) in [5.74, 6) is -0.461. The Bertz CT molecular complexity index is 747. The normalized spacial score (nSPS) is 40.7. The Balaban J connectivity index is 2.01. The number of rotatable bonds is 8. The van der Waals surface area contributed by atoms with Gasteiger partial charge in [0.1, 0.15) is 0 Å². The van der Waals surface area contributed by atoms with E-state index < -0.39 is 30.1 Å². The number of aliphatic hydroxyl groups is 1. The Kier molecular flexibility index (Phi) is 7.55. The van der Waals surface area contributed by atoms with Crippen molar-refractivity contribution in [1.82, 2.24) is 0 Å². The Morgan fingerprint density at radius 1 is 1.25 bits per heavy atom. The van der Waals surface area contributed by atoms with E-state index in [2.05, 4.69) is 27.0 Å². The van der Waals surface area contributed by atoms with Gasteiger partial charge in [-0.3, -0.25) is 9.59 Å². The van der Waals surface area contributed by atoms with E-state index in [0.717, 1.165) is 31.3 Å². The van der Waals surface area contributed by atoms with Gasteiger partial charge in [0, 0.05) is 24.7 Å². The maximum absolute atomic E-state index is 12.3. The molecule has 32 heavy (non-hydrogen) atoms. The van der Waals surface area contributed by atoms with Crippen molar-refractivity contribution in [2.75, 3.05) is 0 Å². The number of esters is 2. The van der Waals surface area contributed by atoms with Crippen LogP contribution in [0, 0.1) is 28.6 Å². The molecule has 3 rings (SSSR count). The van der Waals surface area contributed by atoms with Gasteiger partial charge in [-0.05, 0) is 62.2 Å². The molecule has 3 aliphatic rings. The fourth-order valence-electron chi connectivity index (χ4n) is 6.65. The second-order valence-corrected chi connectivity index (χ2v) is 10.4. The summed E-state index contributed by atoms with van der Waals surface area (Å²) in [7, 11) is 0. The second kappa shape index (κ2) is 9.68. The zero-order chi connectivity index (χ0) is 23.7. The van der Waals surface area contributed by atoms with Crippen molar-refractivity contribution in [3.05, 3.63) is 24.8 Å². The molecule has 8 atom stereocenters. The topological polar surface area (TPSA) is 82.1 Å². The molecule has 0 bridgehead atoms. The molecule has 0 amide bonds. The Morgan fingerprint density at radius 3 is 2.59 bits per heavy atom. The highest BCUT2D eigenvalue weighted by molar-refractivity contribution is 5.69. The van der Waals surface area contributed by atoms with Crippen LogP contribution in [0.3, 0.4) is 0 Å². The van der Waals surface area contributed by atoms with Gasteiger partial charge in [-0.15, -0.1) is 0 Å². The van der Waals surface area contributed by atoms with Crippen molar-refractivity contribution >= 4 is 11.9 Å². The molecular weight excluding hydrogens is 408 g/mol. The van der Waals surface area contributed by atoms with Gasteiger partial charge in [-0.2, -0.15) is 0 Å². The third-order valence-corrected chi connectivity index (χ3v) is 8.58. The molecule has 0 aromatic carbocycles. The van der Waals surface area contributed by atoms with Gasteiger partial charge in [0.2, 0.25) is 12.6 Å². The average molecular weight is 449 g/mol. The average Bonchev–Trinajstić information content (AvgIpc) is 3.00. The van der Waals surface area contributed by atoms with Gasteiger partial charge in [0.25, 0.3) is 0 Å². The minimum absolute atomic E-state index is 0.0596. The number of hydrogen-bond acceptors (Lipinski definition) is 6. The number of carbonyl (C=O) groups is 2. The third-order valence-electron chi connectivity index (χ3n) is 8.58. The molecule has 2 saturated carbocycles. The van der Waals surface area contributed by atoms with Crippen molar-refractivity contribution < 1.29 is 28.9 Å². The van der Waals surface area contributed by atoms with Crippen LogP contribution in [0.1, 0.15) is 79.1 Å². The molecule has 0 aromatic rings. The molecule has 1 aliphatic heterocycles. The molecule has 1 heterocycles. The van der Waals surface area contributed by atoms with Crippen LogP contribution in [0.5, 0.6) is 0 Å². The van der Waals surface area contributed by atoms with Crippen molar-refractivity contribution in [1.29, 1.82) is 0 Å². The van der Waals surface area contributed by atoms with Crippen LogP contribution < -0.4 is 0 Å². The lowest BCUT2D eigenvalue weighted by Gasteiger charge is -2.61. The predicted octanol–water partition coefficient (Wildman–Crippen LogP) is 4.91. The molecule has 1 N–H and O–H groups in total. The number of allylic oxidation sites excluding steroid dienone is 2. The van der Waals surface area contributed by atoms with Crippen molar-refractivity contribution in [3.63, 3.8) is 0 Å². The summed E-state index contributed by atoms with van der Waals surface area (Å²) >= 11 is 0. The number of carbonyl (C=O) groups excluding carboxylic acids is 2. The summed E-state index contributed by atoms with van der Waals surface area (Å²) in [4.78, 5) is 24.4. The first-order chi connectivity index (χ1) is 15.1. The molecule has 2 aliphatic carbocycles. The second-order valence-electron chi connectivity index (χ2n) is 10.4. The van der Waals surface area contributed by atoms with E-state index in [1.165, 1.54) is 6.92 Å². The largest absolute Gasteiger partial charge is 0.435 e. The smallest absolute Gasteiger partial charge is 0.308 e. The van der Waals surface area contributed by atoms with Gasteiger partial charge in [-0.1, -0.05) is 45.6 Å². The summed E-state index contributed by atoms with van der Waals surface area (Å²) in [5, 5.41) is 10.9. The standard InChI is InChI=1S/C26H40O6/c1-7-9-22(29)31-23-20-14-19(28)15-21-25(6,12-10-16(3)8-2)17(4)11-13-26(20,21)24(32-23)30-18(5)27/h8,17,19-21,23-24,28H,2-3,7,9-15H2,1,4-6H3/t17-,19+,20+,21+,23-,24+,25-,26-/m0/s1. The van der Waals surface area contributed by atoms with Crippen LogP contribution >= 0.6 is 0 Å². The SMILES string of the molecule is C=CC(=C)CC[C@]1(C)[C@H]2C[C@H](O)C[C@@H]3[C@@H](OC(=O)CCC)O[C@@H](OC(C)=O)[C@@]32CC[C@@H]1C. The van der Waals surface area contributed by atoms with Crippen molar-refractivity contribution in [3.8, 4) is 0 Å². The van der Waals surface area contributed by atoms with Crippen LogP contribution in [0.4, 0.5) is 0 Å². The lowest BCUT2D eigenvalue weighted by molar-refractivity contribution is -0.238. The zero-order valence-corrected chi connectivity index (χ0v) is 20.1. The minimum Gasteiger partial charge on any atom is -0.435 e. The molecular formula is C26H40O6. The van der Waals surface area contributed by atoms with Gasteiger partial charge in [0.15, 0.2) is 0 Å². The maximum Gasteiger partial charge on any atom is 0.308 e. The van der Waals surface area contributed by atoms with Crippen LogP contribution in [-0.2, 0) is 23.8 Å². The van der Waals surface area contributed by atoms with E-state index in [4.69, 9.17) is 14.2 Å². The summed E-state index contributed by atoms with van der Waals surface area (Å²) in [6.45, 7) is 15.8. The van der Waals surface area contributed by atoms with Crippen molar-refractivity contribution in [2.24, 2.45) is 28.6 Å². The van der Waals surface area contributed by atoms with E-state index in [1.54, 1.807) is 6.08 Å². The molecule has 6 heteroatoms. The fraction of sp³-hybridized carbons (Fsp3) is 0.769. The van der Waals surface area contributed by atoms with E-state index in [0.29, 0.717) is 31.6 Å². The number of ether oxygens (including phenoxy) is 3. The molecule has 180 valence electrons. The molecule has 0 aromatic heterocycles. The monoisotopic (exact) mass is 448 g/mol. The van der Waals surface area contributed by atoms with E-state index in [9.17, 15) is 14.7 Å². The zero-order valence-electron chi connectivity index (χ0n) is 20.1. The summed E-state index contributed by atoms with van der Waals surface area (Å²) in [5.41, 5.74) is 0.392. The highest BCUT2D eigenvalue weighted by atomic mass is 16.8. The first-order valence-electron chi connectivity index (χ1n) is 12.1. The van der Waals surface area contributed by atoms with Crippen molar-refractivity contribution in [2.45, 2.75) is 97.7 Å². The van der Waals surface area contributed by atoms with E-state index in [1.807, 2.05) is 6.92 Å². The van der Waals surface area contributed by atoms with E-state index in [-0.39, 0.29) is 23.2 Å². The maximum atomic E-state index is 12.3. The lowest BCUT2D eigenvalue weighted by atomic mass is 9.44. The summed E-state index contributed by atoms with van der Waals surface area (Å²) in [6.07, 6.45) is 5.27. The first kappa shape index (κ1) is 25.0. The minimum atomic E-state index is -0.809. The van der Waals surface area contributed by atoms with Gasteiger partial charge in [-0.25, -0.2) is 0 Å². The Hall–Kier alpha value is -1.66. The predicted molar refractivity (Wildman–Crippen MR) is 121 cm³/mol. The highest BCUT2D eigenvalue weighted by Crippen LogP contribution is 2.68. The Labute approximate surface area is 192 Å². The number of hydrogen-bond donors (Lipinski definition) is 1. The molecule has 0 radical (unpaired) electrons. The number of aliphatic hydroxyl groups excluding tert-OH is 1. The fourth-order valence-corrected chi connectivity index (χ4v) is 6.65. The van der Waals surface area contributed by atoms with E-state index >= 15 is 0 Å². The first-order valence-corrected chi connectivity index (χ1v) is 12.1. The van der Waals surface area contributed by atoms with Gasteiger partial charge < -0.3 is 19.3 Å².